The quantitative estimate of drug-likeness (QED) is 0.463. The molecule has 152 valence electrons. The van der Waals surface area contributed by atoms with Crippen LogP contribution in [0, 0.1) is 4.77 Å². The molecule has 3 aromatic rings. The smallest absolute Gasteiger partial charge is 0.494 e. The zero-order valence-electron chi connectivity index (χ0n) is 14.9. The maximum Gasteiger partial charge on any atom is 0.573 e. The Morgan fingerprint density at radius 1 is 1.24 bits per heavy atom. The summed E-state index contributed by atoms with van der Waals surface area (Å²) >= 11 is 5.05. The van der Waals surface area contributed by atoms with Gasteiger partial charge in [-0.2, -0.15) is 0 Å². The minimum atomic E-state index is -4.77. The Kier molecular flexibility index (Phi) is 5.64. The standard InChI is InChI=1S/C19H16F3N3O3S/c1-2-9-25-17(27)15(16(26)23-18(25)29)11-13-4-3-10-24(13)12-5-7-14(8-6-12)28-19(20,21)22/h2-8,10,27H,1,9,11H2,(H,23,26,29). The molecule has 10 heteroatoms. The van der Waals surface area contributed by atoms with E-state index in [1.54, 1.807) is 22.9 Å². The largest absolute Gasteiger partial charge is 0.573 e. The van der Waals surface area contributed by atoms with Crippen molar-refractivity contribution in [1.29, 1.82) is 0 Å². The number of hydrogen-bond donors (Lipinski definition) is 2. The SMILES string of the molecule is C=CCn1c(O)c(Cc2cccn2-c2ccc(OC(F)(F)F)cc2)c(=O)[nH]c1=S. The lowest BCUT2D eigenvalue weighted by Crippen LogP contribution is -2.19. The van der Waals surface area contributed by atoms with Gasteiger partial charge < -0.3 is 14.4 Å². The Hall–Kier alpha value is -3.27. The fourth-order valence-electron chi connectivity index (χ4n) is 2.86. The third-order valence-electron chi connectivity index (χ3n) is 4.12. The van der Waals surface area contributed by atoms with E-state index < -0.39 is 11.9 Å². The summed E-state index contributed by atoms with van der Waals surface area (Å²) < 4.78 is 43.9. The topological polar surface area (TPSA) is 72.2 Å². The van der Waals surface area contributed by atoms with Gasteiger partial charge in [-0.05, 0) is 48.6 Å². The normalized spacial score (nSPS) is 11.4. The number of halogens is 3. The molecule has 0 unspecified atom stereocenters. The fourth-order valence-corrected chi connectivity index (χ4v) is 3.11. The molecule has 29 heavy (non-hydrogen) atoms. The number of aromatic hydroxyl groups is 1. The number of aromatic nitrogens is 3. The monoisotopic (exact) mass is 423 g/mol. The van der Waals surface area contributed by atoms with Crippen LogP contribution in [0.4, 0.5) is 13.2 Å². The van der Waals surface area contributed by atoms with Crippen molar-refractivity contribution in [2.24, 2.45) is 0 Å². The van der Waals surface area contributed by atoms with Gasteiger partial charge in [-0.1, -0.05) is 6.08 Å². The molecule has 2 aromatic heterocycles. The van der Waals surface area contributed by atoms with Crippen LogP contribution < -0.4 is 10.3 Å². The molecule has 0 spiro atoms. The van der Waals surface area contributed by atoms with Crippen LogP contribution in [0.15, 0.2) is 60.0 Å². The van der Waals surface area contributed by atoms with E-state index in [1.807, 2.05) is 0 Å². The van der Waals surface area contributed by atoms with Gasteiger partial charge in [0.25, 0.3) is 5.56 Å². The molecule has 0 aliphatic heterocycles. The Bertz CT molecular complexity index is 1140. The Balaban J connectivity index is 1.94. The van der Waals surface area contributed by atoms with Gasteiger partial charge in [0, 0.05) is 30.5 Å². The number of rotatable bonds is 6. The molecule has 6 nitrogen and oxygen atoms in total. The maximum absolute atomic E-state index is 12.3. The van der Waals surface area contributed by atoms with E-state index in [0.29, 0.717) is 11.4 Å². The van der Waals surface area contributed by atoms with Gasteiger partial charge in [-0.25, -0.2) is 0 Å². The van der Waals surface area contributed by atoms with Gasteiger partial charge in [0.1, 0.15) is 5.75 Å². The maximum atomic E-state index is 12.3. The van der Waals surface area contributed by atoms with Crippen LogP contribution in [0.3, 0.4) is 0 Å². The van der Waals surface area contributed by atoms with E-state index in [9.17, 15) is 23.1 Å². The summed E-state index contributed by atoms with van der Waals surface area (Å²) in [5, 5.41) is 10.5. The van der Waals surface area contributed by atoms with E-state index in [4.69, 9.17) is 12.2 Å². The van der Waals surface area contributed by atoms with Crippen LogP contribution in [0.1, 0.15) is 11.3 Å². The molecule has 0 aliphatic rings. The van der Waals surface area contributed by atoms with Crippen molar-refractivity contribution >= 4 is 12.2 Å². The van der Waals surface area contributed by atoms with Crippen molar-refractivity contribution in [3.63, 3.8) is 0 Å². The minimum absolute atomic E-state index is 0.0712. The highest BCUT2D eigenvalue weighted by atomic mass is 32.1. The van der Waals surface area contributed by atoms with E-state index in [1.165, 1.54) is 34.9 Å². The predicted molar refractivity (Wildman–Crippen MR) is 103 cm³/mol. The zero-order valence-corrected chi connectivity index (χ0v) is 15.8. The molecule has 0 amide bonds. The van der Waals surface area contributed by atoms with Crippen molar-refractivity contribution in [2.45, 2.75) is 19.3 Å². The lowest BCUT2D eigenvalue weighted by molar-refractivity contribution is -0.274. The first-order valence-electron chi connectivity index (χ1n) is 8.38. The Labute approximate surface area is 168 Å². The first-order valence-corrected chi connectivity index (χ1v) is 8.78. The summed E-state index contributed by atoms with van der Waals surface area (Å²) in [6.45, 7) is 3.81. The molecule has 2 heterocycles. The third kappa shape index (κ3) is 4.60. The van der Waals surface area contributed by atoms with E-state index in [2.05, 4.69) is 16.3 Å². The number of hydrogen-bond acceptors (Lipinski definition) is 4. The van der Waals surface area contributed by atoms with Crippen molar-refractivity contribution in [2.75, 3.05) is 0 Å². The van der Waals surface area contributed by atoms with E-state index >= 15 is 0 Å². The summed E-state index contributed by atoms with van der Waals surface area (Å²) in [6, 6.07) is 8.76. The molecule has 0 saturated heterocycles. The van der Waals surface area contributed by atoms with Gasteiger partial charge in [0.05, 0.1) is 5.56 Å². The highest BCUT2D eigenvalue weighted by molar-refractivity contribution is 7.71. The van der Waals surface area contributed by atoms with Crippen LogP contribution in [0.5, 0.6) is 11.6 Å². The van der Waals surface area contributed by atoms with Crippen LogP contribution in [0.25, 0.3) is 5.69 Å². The fraction of sp³-hybridized carbons (Fsp3) is 0.158. The number of nitrogens with zero attached hydrogens (tertiary/aromatic N) is 2. The predicted octanol–water partition coefficient (Wildman–Crippen LogP) is 4.08. The number of alkyl halides is 3. The van der Waals surface area contributed by atoms with Crippen LogP contribution >= 0.6 is 12.2 Å². The average molecular weight is 423 g/mol. The zero-order chi connectivity index (χ0) is 21.2. The summed E-state index contributed by atoms with van der Waals surface area (Å²) in [5.74, 6) is -0.601. The lowest BCUT2D eigenvalue weighted by Gasteiger charge is -2.14. The molecule has 0 aliphatic carbocycles. The van der Waals surface area contributed by atoms with Crippen LogP contribution in [0.2, 0.25) is 0 Å². The number of nitrogens with one attached hydrogen (secondary N) is 1. The van der Waals surface area contributed by atoms with Crippen LogP contribution in [-0.2, 0) is 13.0 Å². The molecule has 3 rings (SSSR count). The van der Waals surface area contributed by atoms with Gasteiger partial charge >= 0.3 is 6.36 Å². The Morgan fingerprint density at radius 3 is 2.55 bits per heavy atom. The minimum Gasteiger partial charge on any atom is -0.494 e. The number of aromatic amines is 1. The number of benzene rings is 1. The second-order valence-electron chi connectivity index (χ2n) is 6.05. The molecule has 0 saturated carbocycles. The first kappa shape index (κ1) is 20.5. The summed E-state index contributed by atoms with van der Waals surface area (Å²) in [7, 11) is 0. The van der Waals surface area contributed by atoms with Crippen LogP contribution in [-0.4, -0.2) is 25.6 Å². The molecular formula is C19H16F3N3O3S. The summed E-state index contributed by atoms with van der Waals surface area (Å²) in [5.41, 5.74) is 0.791. The van der Waals surface area contributed by atoms with E-state index in [-0.39, 0.29) is 34.9 Å². The first-order chi connectivity index (χ1) is 13.7. The second-order valence-corrected chi connectivity index (χ2v) is 6.44. The van der Waals surface area contributed by atoms with Crippen molar-refractivity contribution < 1.29 is 23.0 Å². The number of ether oxygens (including phenoxy) is 1. The molecular weight excluding hydrogens is 407 g/mol. The third-order valence-corrected chi connectivity index (χ3v) is 4.44. The molecule has 0 fully saturated rings. The van der Waals surface area contributed by atoms with Gasteiger partial charge in [0.15, 0.2) is 4.77 Å². The van der Waals surface area contributed by atoms with Gasteiger partial charge in [0.2, 0.25) is 5.88 Å². The summed E-state index contributed by atoms with van der Waals surface area (Å²) in [4.78, 5) is 14.8. The van der Waals surface area contributed by atoms with E-state index in [0.717, 1.165) is 0 Å². The number of allylic oxidation sites excluding steroid dienone is 1. The average Bonchev–Trinajstić information content (AvgIpc) is 3.10. The van der Waals surface area contributed by atoms with Crippen molar-refractivity contribution in [1.82, 2.24) is 14.1 Å². The van der Waals surface area contributed by atoms with Gasteiger partial charge in [-0.15, -0.1) is 19.8 Å². The highest BCUT2D eigenvalue weighted by Gasteiger charge is 2.31. The molecule has 1 aromatic carbocycles. The second kappa shape index (κ2) is 8.00. The number of H-pyrrole nitrogens is 1. The molecule has 0 atom stereocenters. The Morgan fingerprint density at radius 2 is 1.93 bits per heavy atom. The molecule has 0 bridgehead atoms. The lowest BCUT2D eigenvalue weighted by atomic mass is 10.1. The highest BCUT2D eigenvalue weighted by Crippen LogP contribution is 2.25. The van der Waals surface area contributed by atoms with Gasteiger partial charge in [-0.3, -0.25) is 14.3 Å². The van der Waals surface area contributed by atoms with Crippen molar-refractivity contribution in [3.05, 3.63) is 81.6 Å². The van der Waals surface area contributed by atoms with Crippen molar-refractivity contribution in [3.8, 4) is 17.3 Å². The molecule has 2 N–H and O–H groups in total. The molecule has 0 radical (unpaired) electrons. The summed E-state index contributed by atoms with van der Waals surface area (Å²) in [6.07, 6.45) is -1.47.